The summed E-state index contributed by atoms with van der Waals surface area (Å²) in [7, 11) is 0. The summed E-state index contributed by atoms with van der Waals surface area (Å²) in [5.41, 5.74) is 7.44. The summed E-state index contributed by atoms with van der Waals surface area (Å²) in [6, 6.07) is 9.43. The second kappa shape index (κ2) is 9.66. The van der Waals surface area contributed by atoms with E-state index in [2.05, 4.69) is 10.6 Å². The van der Waals surface area contributed by atoms with Gasteiger partial charge < -0.3 is 39.0 Å². The lowest BCUT2D eigenvalue weighted by molar-refractivity contribution is -0.683. The van der Waals surface area contributed by atoms with E-state index in [1.165, 1.54) is 12.1 Å². The van der Waals surface area contributed by atoms with Crippen LogP contribution in [0.4, 0.5) is 17.1 Å². The first kappa shape index (κ1) is 22.6. The molecule has 0 fully saturated rings. The molecule has 158 valence electrons. The first-order valence-electron chi connectivity index (χ1n) is 8.83. The normalized spacial score (nSPS) is 10.2. The van der Waals surface area contributed by atoms with Gasteiger partial charge in [0.1, 0.15) is 23.9 Å². The summed E-state index contributed by atoms with van der Waals surface area (Å²) in [6.45, 7) is 1.85. The van der Waals surface area contributed by atoms with Gasteiger partial charge in [-0.2, -0.15) is 0 Å². The Bertz CT molecular complexity index is 985. The molecule has 9 nitrogen and oxygen atoms in total. The van der Waals surface area contributed by atoms with Gasteiger partial charge in [0.05, 0.1) is 11.4 Å². The zero-order valence-corrected chi connectivity index (χ0v) is 16.9. The average molecular weight is 432 g/mol. The van der Waals surface area contributed by atoms with Gasteiger partial charge in [-0.1, -0.05) is 6.07 Å². The van der Waals surface area contributed by atoms with Crippen molar-refractivity contribution in [3.05, 3.63) is 60.7 Å². The molecule has 10 heteroatoms. The third-order valence-corrected chi connectivity index (χ3v) is 4.12. The van der Waals surface area contributed by atoms with Crippen molar-refractivity contribution in [3.8, 4) is 11.5 Å². The second-order valence-corrected chi connectivity index (χ2v) is 6.65. The molecule has 1 aromatic heterocycles. The maximum Gasteiger partial charge on any atom is 0.266 e. The van der Waals surface area contributed by atoms with E-state index in [4.69, 9.17) is 5.73 Å². The summed E-state index contributed by atoms with van der Waals surface area (Å²) >= 11 is 0. The van der Waals surface area contributed by atoms with Crippen LogP contribution in [0.1, 0.15) is 5.56 Å². The number of nitrogens with one attached hydrogen (secondary N) is 2. The van der Waals surface area contributed by atoms with Crippen LogP contribution in [0.3, 0.4) is 0 Å². The van der Waals surface area contributed by atoms with Crippen molar-refractivity contribution in [1.82, 2.24) is 4.57 Å². The minimum atomic E-state index is -0.346. The largest absolute Gasteiger partial charge is 1.00 e. The van der Waals surface area contributed by atoms with E-state index in [0.717, 1.165) is 5.56 Å². The first-order chi connectivity index (χ1) is 13.8. The Kier molecular flexibility index (Phi) is 7.27. The number of benzene rings is 2. The second-order valence-electron chi connectivity index (χ2n) is 6.65. The summed E-state index contributed by atoms with van der Waals surface area (Å²) in [5, 5.41) is 24.9. The fourth-order valence-electron chi connectivity index (χ4n) is 2.74. The Labute approximate surface area is 179 Å². The zero-order valence-electron chi connectivity index (χ0n) is 16.2. The topological polar surface area (TPSA) is 133 Å². The van der Waals surface area contributed by atoms with Crippen molar-refractivity contribution in [1.29, 1.82) is 0 Å². The van der Waals surface area contributed by atoms with Gasteiger partial charge in [-0.25, -0.2) is 9.13 Å². The lowest BCUT2D eigenvalue weighted by atomic mass is 10.2. The Hall–Kier alpha value is -3.72. The molecule has 2 amide bonds. The highest BCUT2D eigenvalue weighted by Crippen LogP contribution is 2.25. The number of carbonyl (C=O) groups excluding carboxylic acids is 2. The Morgan fingerprint density at radius 1 is 1.03 bits per heavy atom. The van der Waals surface area contributed by atoms with Gasteiger partial charge in [0.15, 0.2) is 13.1 Å². The summed E-state index contributed by atoms with van der Waals surface area (Å²) in [5.74, 6) is -0.773. The van der Waals surface area contributed by atoms with Crippen LogP contribution in [0.2, 0.25) is 0 Å². The fourth-order valence-corrected chi connectivity index (χ4v) is 2.74. The maximum absolute atomic E-state index is 12.2. The Morgan fingerprint density at radius 3 is 2.33 bits per heavy atom. The van der Waals surface area contributed by atoms with Gasteiger partial charge >= 0.3 is 0 Å². The van der Waals surface area contributed by atoms with Crippen molar-refractivity contribution in [2.75, 3.05) is 16.4 Å². The van der Waals surface area contributed by atoms with Crippen LogP contribution in [0.5, 0.6) is 11.5 Å². The Morgan fingerprint density at radius 2 is 1.67 bits per heavy atom. The van der Waals surface area contributed by atoms with Crippen LogP contribution < -0.4 is 33.3 Å². The van der Waals surface area contributed by atoms with Crippen molar-refractivity contribution >= 4 is 28.9 Å². The number of phenols is 2. The summed E-state index contributed by atoms with van der Waals surface area (Å²) in [4.78, 5) is 24.4. The molecule has 0 spiro atoms. The molecule has 1 heterocycles. The van der Waals surface area contributed by atoms with Gasteiger partial charge in [0, 0.05) is 11.8 Å². The molecule has 0 aliphatic rings. The Balaban J connectivity index is 0.00000320. The number of aryl methyl sites for hydroxylation is 1. The van der Waals surface area contributed by atoms with Gasteiger partial charge in [0.25, 0.3) is 11.8 Å². The molecule has 3 aromatic rings. The van der Waals surface area contributed by atoms with E-state index in [0.29, 0.717) is 11.4 Å². The molecule has 0 bridgehead atoms. The van der Waals surface area contributed by atoms with Gasteiger partial charge in [-0.3, -0.25) is 9.59 Å². The predicted octanol–water partition coefficient (Wildman–Crippen LogP) is -1.64. The maximum atomic E-state index is 12.2. The molecular weight excluding hydrogens is 410 g/mol. The van der Waals surface area contributed by atoms with E-state index in [1.807, 2.05) is 6.92 Å². The SMILES string of the molecule is Cc1ccc(NC(=O)C[n+]2ccn(CC(=O)Nc3ccc(N)cc3O)c2)c(O)c1.[Cl-]. The summed E-state index contributed by atoms with van der Waals surface area (Å²) < 4.78 is 3.20. The van der Waals surface area contributed by atoms with Crippen molar-refractivity contribution < 1.29 is 36.8 Å². The number of nitrogen functional groups attached to an aromatic ring is 1. The van der Waals surface area contributed by atoms with Crippen LogP contribution in [-0.4, -0.2) is 26.6 Å². The number of rotatable bonds is 6. The van der Waals surface area contributed by atoms with Crippen LogP contribution in [-0.2, 0) is 22.7 Å². The number of hydrogen-bond donors (Lipinski definition) is 5. The number of imidazole rings is 1. The third-order valence-electron chi connectivity index (χ3n) is 4.12. The summed E-state index contributed by atoms with van der Waals surface area (Å²) in [6.07, 6.45) is 4.92. The third kappa shape index (κ3) is 5.89. The highest BCUT2D eigenvalue weighted by Gasteiger charge is 2.14. The van der Waals surface area contributed by atoms with Crippen LogP contribution in [0.25, 0.3) is 0 Å². The molecule has 6 N–H and O–H groups in total. The molecule has 2 aromatic carbocycles. The lowest BCUT2D eigenvalue weighted by Crippen LogP contribution is -3.00. The number of halogens is 1. The molecule has 30 heavy (non-hydrogen) atoms. The molecule has 3 rings (SSSR count). The standard InChI is InChI=1S/C20H21N5O4.ClH/c1-13-2-4-15(17(26)8-13)22-19(28)10-24-6-7-25(12-24)11-20(29)23-16-5-3-14(21)9-18(16)27;/h2-9,12H,10-11,21H2,1H3,(H3-,22,23,26,27,28,29);1H. The van der Waals surface area contributed by atoms with Crippen LogP contribution in [0.15, 0.2) is 55.1 Å². The molecule has 0 saturated carbocycles. The lowest BCUT2D eigenvalue weighted by Gasteiger charge is -2.07. The zero-order chi connectivity index (χ0) is 21.0. The smallest absolute Gasteiger partial charge is 0.266 e. The van der Waals surface area contributed by atoms with E-state index in [1.54, 1.807) is 52.1 Å². The van der Waals surface area contributed by atoms with Gasteiger partial charge in [-0.15, -0.1) is 0 Å². The number of hydrogen-bond acceptors (Lipinski definition) is 5. The molecular formula is C20H22ClN5O4. The van der Waals surface area contributed by atoms with Gasteiger partial charge in [-0.05, 0) is 36.8 Å². The number of phenolic OH excluding ortho intramolecular Hbond substituents is 2. The van der Waals surface area contributed by atoms with Crippen LogP contribution in [0, 0.1) is 6.92 Å². The highest BCUT2D eigenvalue weighted by atomic mass is 35.5. The number of nitrogens with zero attached hydrogens (tertiary/aromatic N) is 2. The minimum Gasteiger partial charge on any atom is -1.00 e. The molecule has 0 unspecified atom stereocenters. The molecule has 0 radical (unpaired) electrons. The number of aromatic nitrogens is 2. The number of anilines is 3. The number of amides is 2. The fraction of sp³-hybridized carbons (Fsp3) is 0.150. The van der Waals surface area contributed by atoms with Crippen molar-refractivity contribution in [2.45, 2.75) is 20.0 Å². The molecule has 0 saturated heterocycles. The van der Waals surface area contributed by atoms with E-state index in [-0.39, 0.29) is 54.5 Å². The van der Waals surface area contributed by atoms with E-state index in [9.17, 15) is 19.8 Å². The number of nitrogens with two attached hydrogens (primary N) is 1. The highest BCUT2D eigenvalue weighted by molar-refractivity contribution is 5.92. The molecule has 0 atom stereocenters. The first-order valence-corrected chi connectivity index (χ1v) is 8.83. The predicted molar refractivity (Wildman–Crippen MR) is 107 cm³/mol. The molecule has 0 aliphatic heterocycles. The minimum absolute atomic E-state index is 0. The number of aromatic hydroxyl groups is 2. The molecule has 0 aliphatic carbocycles. The van der Waals surface area contributed by atoms with Crippen molar-refractivity contribution in [2.24, 2.45) is 0 Å². The number of carbonyl (C=O) groups is 2. The average Bonchev–Trinajstić information content (AvgIpc) is 3.06. The van der Waals surface area contributed by atoms with Gasteiger partial charge in [0.2, 0.25) is 6.33 Å². The van der Waals surface area contributed by atoms with E-state index >= 15 is 0 Å². The van der Waals surface area contributed by atoms with Crippen molar-refractivity contribution in [3.63, 3.8) is 0 Å². The monoisotopic (exact) mass is 431 g/mol. The van der Waals surface area contributed by atoms with E-state index < -0.39 is 0 Å². The van der Waals surface area contributed by atoms with Crippen LogP contribution >= 0.6 is 0 Å². The quantitative estimate of drug-likeness (QED) is 0.181.